The molecular formula is C14H13N3O3. The highest BCUT2D eigenvalue weighted by molar-refractivity contribution is 5.87. The second-order valence-electron chi connectivity index (χ2n) is 3.69. The maximum Gasteiger partial charge on any atom is 0.437 e. The van der Waals surface area contributed by atoms with Crippen LogP contribution in [-0.4, -0.2) is 24.4 Å². The van der Waals surface area contributed by atoms with Crippen molar-refractivity contribution < 1.29 is 14.4 Å². The fourth-order valence-electron chi connectivity index (χ4n) is 1.46. The van der Waals surface area contributed by atoms with Crippen molar-refractivity contribution in [3.63, 3.8) is 0 Å². The van der Waals surface area contributed by atoms with Gasteiger partial charge in [-0.1, -0.05) is 23.4 Å². The summed E-state index contributed by atoms with van der Waals surface area (Å²) in [6.45, 7) is 0. The molecule has 1 amide bonds. The number of hydrogen-bond donors (Lipinski definition) is 1. The fraction of sp³-hybridized carbons (Fsp3) is 0.0714. The summed E-state index contributed by atoms with van der Waals surface area (Å²) in [4.78, 5) is 20.2. The average molecular weight is 271 g/mol. The number of benzene rings is 1. The van der Waals surface area contributed by atoms with Crippen molar-refractivity contribution in [1.29, 1.82) is 0 Å². The standard InChI is InChI=1S/C14H13N3O3/c1-19-13-8-3-2-7-12(13)17-14(18)20-16-10-11-6-4-5-9-15-11/h2-10H,1H3,(H,17,18)/b16-10+. The molecule has 2 rings (SSSR count). The van der Waals surface area contributed by atoms with Crippen LogP contribution in [0.25, 0.3) is 0 Å². The van der Waals surface area contributed by atoms with Gasteiger partial charge in [0.05, 0.1) is 24.7 Å². The molecule has 0 atom stereocenters. The van der Waals surface area contributed by atoms with E-state index >= 15 is 0 Å². The molecule has 1 aromatic heterocycles. The van der Waals surface area contributed by atoms with Crippen LogP contribution in [0.2, 0.25) is 0 Å². The number of nitrogens with one attached hydrogen (secondary N) is 1. The third-order valence-electron chi connectivity index (χ3n) is 2.35. The minimum atomic E-state index is -0.707. The van der Waals surface area contributed by atoms with Gasteiger partial charge in [0.1, 0.15) is 5.75 Å². The molecule has 0 saturated heterocycles. The smallest absolute Gasteiger partial charge is 0.437 e. The molecule has 0 bridgehead atoms. The quantitative estimate of drug-likeness (QED) is 0.527. The van der Waals surface area contributed by atoms with Crippen LogP contribution in [-0.2, 0) is 4.84 Å². The number of methoxy groups -OCH3 is 1. The van der Waals surface area contributed by atoms with Gasteiger partial charge in [-0.25, -0.2) is 4.79 Å². The molecule has 0 aliphatic carbocycles. The Morgan fingerprint density at radius 3 is 2.80 bits per heavy atom. The molecule has 20 heavy (non-hydrogen) atoms. The van der Waals surface area contributed by atoms with Crippen LogP contribution < -0.4 is 10.1 Å². The van der Waals surface area contributed by atoms with Gasteiger partial charge in [-0.3, -0.25) is 15.1 Å². The van der Waals surface area contributed by atoms with Crippen LogP contribution in [0.4, 0.5) is 10.5 Å². The largest absolute Gasteiger partial charge is 0.495 e. The number of anilines is 1. The minimum absolute atomic E-state index is 0.507. The van der Waals surface area contributed by atoms with Gasteiger partial charge in [0, 0.05) is 6.20 Å². The summed E-state index contributed by atoms with van der Waals surface area (Å²) in [5, 5.41) is 6.08. The van der Waals surface area contributed by atoms with Crippen LogP contribution in [0.15, 0.2) is 53.8 Å². The number of carbonyl (C=O) groups is 1. The van der Waals surface area contributed by atoms with E-state index < -0.39 is 6.09 Å². The van der Waals surface area contributed by atoms with E-state index in [4.69, 9.17) is 4.74 Å². The lowest BCUT2D eigenvalue weighted by Gasteiger charge is -2.07. The Bertz CT molecular complexity index is 600. The molecule has 2 aromatic rings. The molecule has 6 nitrogen and oxygen atoms in total. The van der Waals surface area contributed by atoms with Gasteiger partial charge in [-0.05, 0) is 24.3 Å². The number of rotatable bonds is 4. The number of amides is 1. The van der Waals surface area contributed by atoms with E-state index in [0.29, 0.717) is 17.1 Å². The monoisotopic (exact) mass is 271 g/mol. The Hall–Kier alpha value is -2.89. The average Bonchev–Trinajstić information content (AvgIpc) is 2.49. The molecule has 1 aromatic carbocycles. The minimum Gasteiger partial charge on any atom is -0.495 e. The first-order chi connectivity index (χ1) is 9.79. The summed E-state index contributed by atoms with van der Waals surface area (Å²) in [5.74, 6) is 0.540. The molecule has 1 heterocycles. The summed E-state index contributed by atoms with van der Waals surface area (Å²) < 4.78 is 5.10. The van der Waals surface area contributed by atoms with Crippen molar-refractivity contribution in [3.05, 3.63) is 54.4 Å². The van der Waals surface area contributed by atoms with Crippen molar-refractivity contribution in [2.24, 2.45) is 5.16 Å². The van der Waals surface area contributed by atoms with E-state index in [1.165, 1.54) is 13.3 Å². The van der Waals surface area contributed by atoms with Gasteiger partial charge in [-0.2, -0.15) is 0 Å². The Kier molecular flexibility index (Phi) is 4.66. The van der Waals surface area contributed by atoms with Gasteiger partial charge in [0.2, 0.25) is 0 Å². The Morgan fingerprint density at radius 2 is 2.05 bits per heavy atom. The lowest BCUT2D eigenvalue weighted by atomic mass is 10.3. The fourth-order valence-corrected chi connectivity index (χ4v) is 1.46. The van der Waals surface area contributed by atoms with Crippen LogP contribution in [0.1, 0.15) is 5.69 Å². The summed E-state index contributed by atoms with van der Waals surface area (Å²) >= 11 is 0. The Labute approximate surface area is 116 Å². The molecule has 0 spiro atoms. The van der Waals surface area contributed by atoms with Crippen LogP contribution in [0.3, 0.4) is 0 Å². The van der Waals surface area contributed by atoms with E-state index in [1.54, 1.807) is 42.6 Å². The summed E-state index contributed by atoms with van der Waals surface area (Å²) in [5.41, 5.74) is 1.10. The lowest BCUT2D eigenvalue weighted by molar-refractivity contribution is 0.167. The zero-order valence-electron chi connectivity index (χ0n) is 10.8. The molecule has 0 aliphatic heterocycles. The van der Waals surface area contributed by atoms with Gasteiger partial charge >= 0.3 is 6.09 Å². The number of para-hydroxylation sites is 2. The van der Waals surface area contributed by atoms with Crippen LogP contribution in [0, 0.1) is 0 Å². The number of nitrogens with zero attached hydrogens (tertiary/aromatic N) is 2. The molecule has 102 valence electrons. The third-order valence-corrected chi connectivity index (χ3v) is 2.35. The predicted molar refractivity (Wildman–Crippen MR) is 74.9 cm³/mol. The molecule has 0 radical (unpaired) electrons. The lowest BCUT2D eigenvalue weighted by Crippen LogP contribution is -2.11. The zero-order chi connectivity index (χ0) is 14.2. The molecule has 0 fully saturated rings. The predicted octanol–water partition coefficient (Wildman–Crippen LogP) is 2.67. The first-order valence-corrected chi connectivity index (χ1v) is 5.85. The molecular weight excluding hydrogens is 258 g/mol. The van der Waals surface area contributed by atoms with Crippen LogP contribution >= 0.6 is 0 Å². The Balaban J connectivity index is 1.91. The van der Waals surface area contributed by atoms with Gasteiger partial charge in [0.25, 0.3) is 0 Å². The SMILES string of the molecule is COc1ccccc1NC(=O)O/N=C/c1ccccn1. The number of ether oxygens (including phenoxy) is 1. The third kappa shape index (κ3) is 3.81. The maximum absolute atomic E-state index is 11.5. The van der Waals surface area contributed by atoms with E-state index in [2.05, 4.69) is 20.3 Å². The van der Waals surface area contributed by atoms with E-state index in [-0.39, 0.29) is 0 Å². The number of oxime groups is 1. The molecule has 0 saturated carbocycles. The normalized spacial score (nSPS) is 10.2. The van der Waals surface area contributed by atoms with E-state index in [0.717, 1.165) is 0 Å². The van der Waals surface area contributed by atoms with E-state index in [1.807, 2.05) is 6.07 Å². The molecule has 1 N–H and O–H groups in total. The summed E-state index contributed by atoms with van der Waals surface area (Å²) in [6, 6.07) is 12.3. The number of pyridine rings is 1. The van der Waals surface area contributed by atoms with Gasteiger partial charge in [-0.15, -0.1) is 0 Å². The van der Waals surface area contributed by atoms with Crippen molar-refractivity contribution in [3.8, 4) is 5.75 Å². The van der Waals surface area contributed by atoms with Crippen molar-refractivity contribution in [2.45, 2.75) is 0 Å². The molecule has 0 aliphatic rings. The first-order valence-electron chi connectivity index (χ1n) is 5.85. The number of aromatic nitrogens is 1. The van der Waals surface area contributed by atoms with E-state index in [9.17, 15) is 4.79 Å². The zero-order valence-corrected chi connectivity index (χ0v) is 10.8. The van der Waals surface area contributed by atoms with Crippen LogP contribution in [0.5, 0.6) is 5.75 Å². The van der Waals surface area contributed by atoms with Crippen molar-refractivity contribution in [2.75, 3.05) is 12.4 Å². The van der Waals surface area contributed by atoms with Gasteiger partial charge in [0.15, 0.2) is 0 Å². The summed E-state index contributed by atoms with van der Waals surface area (Å²) in [7, 11) is 1.52. The number of hydrogen-bond acceptors (Lipinski definition) is 5. The first kappa shape index (κ1) is 13.5. The molecule has 6 heteroatoms. The second-order valence-corrected chi connectivity index (χ2v) is 3.69. The topological polar surface area (TPSA) is 72.8 Å². The molecule has 0 unspecified atom stereocenters. The van der Waals surface area contributed by atoms with Crippen molar-refractivity contribution >= 4 is 18.0 Å². The van der Waals surface area contributed by atoms with Gasteiger partial charge < -0.3 is 4.74 Å². The highest BCUT2D eigenvalue weighted by Crippen LogP contribution is 2.22. The Morgan fingerprint density at radius 1 is 1.25 bits per heavy atom. The highest BCUT2D eigenvalue weighted by atomic mass is 16.7. The summed E-state index contributed by atoms with van der Waals surface area (Å²) in [6.07, 6.45) is 2.26. The second kappa shape index (κ2) is 6.89. The maximum atomic E-state index is 11.5. The highest BCUT2D eigenvalue weighted by Gasteiger charge is 2.06. The van der Waals surface area contributed by atoms with Crippen molar-refractivity contribution in [1.82, 2.24) is 4.98 Å². The number of carbonyl (C=O) groups excluding carboxylic acids is 1.